The standard InChI is InChI=1S/C10H12N4S/c1-7-3-5-15-9(7)8-2-4-11-10-12-6-13-14(8)10/h3,5-6,8H,2,4H2,1H3,(H,11,12,13). The van der Waals surface area contributed by atoms with Crippen molar-refractivity contribution in [3.05, 3.63) is 28.2 Å². The number of nitrogens with one attached hydrogen (secondary N) is 1. The topological polar surface area (TPSA) is 42.7 Å². The molecule has 1 N–H and O–H groups in total. The largest absolute Gasteiger partial charge is 0.354 e. The monoisotopic (exact) mass is 220 g/mol. The molecule has 0 fully saturated rings. The minimum atomic E-state index is 0.365. The predicted octanol–water partition coefficient (Wildman–Crippen LogP) is 2.05. The molecule has 4 nitrogen and oxygen atoms in total. The molecule has 78 valence electrons. The van der Waals surface area contributed by atoms with Crippen LogP contribution in [0.15, 0.2) is 17.8 Å². The summed E-state index contributed by atoms with van der Waals surface area (Å²) in [5.41, 5.74) is 1.35. The zero-order valence-corrected chi connectivity index (χ0v) is 9.29. The van der Waals surface area contributed by atoms with Crippen LogP contribution in [0.2, 0.25) is 0 Å². The number of hydrogen-bond acceptors (Lipinski definition) is 4. The molecule has 1 atom stereocenters. The van der Waals surface area contributed by atoms with Gasteiger partial charge < -0.3 is 5.32 Å². The summed E-state index contributed by atoms with van der Waals surface area (Å²) in [7, 11) is 0. The summed E-state index contributed by atoms with van der Waals surface area (Å²) in [5, 5.41) is 9.68. The molecule has 3 heterocycles. The molecule has 1 aliphatic heterocycles. The van der Waals surface area contributed by atoms with Crippen LogP contribution in [-0.2, 0) is 0 Å². The van der Waals surface area contributed by atoms with Crippen LogP contribution in [-0.4, -0.2) is 21.3 Å². The summed E-state index contributed by atoms with van der Waals surface area (Å²) >= 11 is 1.81. The lowest BCUT2D eigenvalue weighted by Gasteiger charge is -2.24. The highest BCUT2D eigenvalue weighted by Gasteiger charge is 2.24. The molecule has 0 amide bonds. The number of fused-ring (bicyclic) bond motifs is 1. The van der Waals surface area contributed by atoms with Crippen LogP contribution in [0, 0.1) is 6.92 Å². The lowest BCUT2D eigenvalue weighted by atomic mass is 10.1. The van der Waals surface area contributed by atoms with Crippen molar-refractivity contribution in [1.29, 1.82) is 0 Å². The quantitative estimate of drug-likeness (QED) is 0.800. The fraction of sp³-hybridized carbons (Fsp3) is 0.400. The Labute approximate surface area is 92.0 Å². The molecular formula is C10H12N4S. The molecule has 2 aromatic heterocycles. The van der Waals surface area contributed by atoms with Gasteiger partial charge in [-0.25, -0.2) is 4.68 Å². The van der Waals surface area contributed by atoms with E-state index in [1.807, 2.05) is 4.68 Å². The van der Waals surface area contributed by atoms with Crippen LogP contribution in [0.3, 0.4) is 0 Å². The molecular weight excluding hydrogens is 208 g/mol. The summed E-state index contributed by atoms with van der Waals surface area (Å²) in [6.45, 7) is 3.13. The Bertz CT molecular complexity index is 473. The minimum Gasteiger partial charge on any atom is -0.354 e. The fourth-order valence-electron chi connectivity index (χ4n) is 2.02. The van der Waals surface area contributed by atoms with Gasteiger partial charge in [-0.2, -0.15) is 10.1 Å². The summed E-state index contributed by atoms with van der Waals surface area (Å²) < 4.78 is 1.99. The molecule has 1 aliphatic rings. The number of nitrogens with zero attached hydrogens (tertiary/aromatic N) is 3. The molecule has 1 unspecified atom stereocenters. The third kappa shape index (κ3) is 1.34. The molecule has 0 saturated heterocycles. The highest BCUT2D eigenvalue weighted by molar-refractivity contribution is 7.10. The molecule has 5 heteroatoms. The van der Waals surface area contributed by atoms with Gasteiger partial charge >= 0.3 is 0 Å². The van der Waals surface area contributed by atoms with E-state index in [1.165, 1.54) is 10.4 Å². The van der Waals surface area contributed by atoms with E-state index in [2.05, 4.69) is 33.8 Å². The van der Waals surface area contributed by atoms with Gasteiger partial charge in [-0.05, 0) is 30.4 Å². The van der Waals surface area contributed by atoms with Crippen molar-refractivity contribution in [1.82, 2.24) is 14.8 Å². The molecule has 0 bridgehead atoms. The van der Waals surface area contributed by atoms with Gasteiger partial charge in [0.25, 0.3) is 0 Å². The van der Waals surface area contributed by atoms with Crippen molar-refractivity contribution in [2.45, 2.75) is 19.4 Å². The number of hydrogen-bond donors (Lipinski definition) is 1. The summed E-state index contributed by atoms with van der Waals surface area (Å²) in [6.07, 6.45) is 2.70. The van der Waals surface area contributed by atoms with Crippen LogP contribution in [0.4, 0.5) is 5.95 Å². The predicted molar refractivity (Wildman–Crippen MR) is 60.3 cm³/mol. The molecule has 0 aliphatic carbocycles. The third-order valence-electron chi connectivity index (χ3n) is 2.77. The van der Waals surface area contributed by atoms with Crippen LogP contribution < -0.4 is 5.32 Å². The number of rotatable bonds is 1. The van der Waals surface area contributed by atoms with Crippen molar-refractivity contribution in [3.8, 4) is 0 Å². The van der Waals surface area contributed by atoms with Gasteiger partial charge in [0.2, 0.25) is 5.95 Å². The second-order valence-corrected chi connectivity index (χ2v) is 4.68. The number of thiophene rings is 1. The maximum atomic E-state index is 4.28. The van der Waals surface area contributed by atoms with E-state index in [1.54, 1.807) is 17.7 Å². The molecule has 0 saturated carbocycles. The van der Waals surface area contributed by atoms with Gasteiger partial charge in [0.15, 0.2) is 0 Å². The first-order valence-corrected chi connectivity index (χ1v) is 5.91. The van der Waals surface area contributed by atoms with Gasteiger partial charge in [0, 0.05) is 11.4 Å². The van der Waals surface area contributed by atoms with E-state index in [0.29, 0.717) is 6.04 Å². The first-order valence-electron chi connectivity index (χ1n) is 5.03. The van der Waals surface area contributed by atoms with Gasteiger partial charge in [-0.15, -0.1) is 11.3 Å². The lowest BCUT2D eigenvalue weighted by molar-refractivity contribution is 0.485. The summed E-state index contributed by atoms with van der Waals surface area (Å²) in [4.78, 5) is 5.60. The average molecular weight is 220 g/mol. The van der Waals surface area contributed by atoms with Crippen molar-refractivity contribution in [2.24, 2.45) is 0 Å². The Hall–Kier alpha value is -1.36. The molecule has 0 spiro atoms. The van der Waals surface area contributed by atoms with Gasteiger partial charge in [0.05, 0.1) is 6.04 Å². The van der Waals surface area contributed by atoms with E-state index in [4.69, 9.17) is 0 Å². The Kier molecular flexibility index (Phi) is 1.98. The Morgan fingerprint density at radius 3 is 3.33 bits per heavy atom. The van der Waals surface area contributed by atoms with Crippen LogP contribution in [0.25, 0.3) is 0 Å². The average Bonchev–Trinajstić information content (AvgIpc) is 2.85. The van der Waals surface area contributed by atoms with Crippen molar-refractivity contribution in [3.63, 3.8) is 0 Å². The molecule has 0 aromatic carbocycles. The van der Waals surface area contributed by atoms with E-state index in [0.717, 1.165) is 18.9 Å². The van der Waals surface area contributed by atoms with Crippen molar-refractivity contribution < 1.29 is 0 Å². The third-order valence-corrected chi connectivity index (χ3v) is 3.89. The van der Waals surface area contributed by atoms with E-state index < -0.39 is 0 Å². The zero-order valence-electron chi connectivity index (χ0n) is 8.47. The molecule has 0 radical (unpaired) electrons. The van der Waals surface area contributed by atoms with Crippen molar-refractivity contribution in [2.75, 3.05) is 11.9 Å². The van der Waals surface area contributed by atoms with Gasteiger partial charge in [0.1, 0.15) is 6.33 Å². The Morgan fingerprint density at radius 2 is 2.53 bits per heavy atom. The van der Waals surface area contributed by atoms with E-state index >= 15 is 0 Å². The maximum Gasteiger partial charge on any atom is 0.221 e. The number of aryl methyl sites for hydroxylation is 1. The zero-order chi connectivity index (χ0) is 10.3. The number of aromatic nitrogens is 3. The smallest absolute Gasteiger partial charge is 0.221 e. The molecule has 3 rings (SSSR count). The van der Waals surface area contributed by atoms with Crippen molar-refractivity contribution >= 4 is 17.3 Å². The second-order valence-electron chi connectivity index (χ2n) is 3.73. The summed E-state index contributed by atoms with van der Waals surface area (Å²) in [6, 6.07) is 2.53. The lowest BCUT2D eigenvalue weighted by Crippen LogP contribution is -2.24. The van der Waals surface area contributed by atoms with Crippen LogP contribution in [0.1, 0.15) is 22.9 Å². The van der Waals surface area contributed by atoms with Crippen LogP contribution in [0.5, 0.6) is 0 Å². The first kappa shape index (κ1) is 8.91. The Balaban J connectivity index is 2.07. The molecule has 15 heavy (non-hydrogen) atoms. The van der Waals surface area contributed by atoms with E-state index in [-0.39, 0.29) is 0 Å². The SMILES string of the molecule is Cc1ccsc1C1CCNc2ncnn21. The Morgan fingerprint density at radius 1 is 1.60 bits per heavy atom. The number of anilines is 1. The first-order chi connectivity index (χ1) is 7.36. The summed E-state index contributed by atoms with van der Waals surface area (Å²) in [5.74, 6) is 0.888. The molecule has 2 aromatic rings. The van der Waals surface area contributed by atoms with Crippen LogP contribution >= 0.6 is 11.3 Å². The fourth-order valence-corrected chi connectivity index (χ4v) is 3.06. The normalized spacial score (nSPS) is 19.7. The second kappa shape index (κ2) is 3.34. The highest BCUT2D eigenvalue weighted by atomic mass is 32.1. The van der Waals surface area contributed by atoms with E-state index in [9.17, 15) is 0 Å². The van der Waals surface area contributed by atoms with Gasteiger partial charge in [-0.3, -0.25) is 0 Å². The minimum absolute atomic E-state index is 0.365. The maximum absolute atomic E-state index is 4.28. The highest BCUT2D eigenvalue weighted by Crippen LogP contribution is 2.32. The van der Waals surface area contributed by atoms with Gasteiger partial charge in [-0.1, -0.05) is 0 Å².